The maximum atomic E-state index is 10.6. The third kappa shape index (κ3) is 4.54. The fourth-order valence-electron chi connectivity index (χ4n) is 2.08. The molecule has 0 atom stereocenters. The Kier molecular flexibility index (Phi) is 5.57. The summed E-state index contributed by atoms with van der Waals surface area (Å²) in [7, 11) is 0. The molecule has 3 rings (SSSR count). The van der Waals surface area contributed by atoms with Crippen LogP contribution in [-0.4, -0.2) is 37.5 Å². The summed E-state index contributed by atoms with van der Waals surface area (Å²) in [6, 6.07) is 15.7. The van der Waals surface area contributed by atoms with Gasteiger partial charge < -0.3 is 4.74 Å². The van der Waals surface area contributed by atoms with Gasteiger partial charge in [0.25, 0.3) is 5.69 Å². The molecule has 2 aromatic carbocycles. The molecule has 25 heavy (non-hydrogen) atoms. The minimum absolute atomic E-state index is 0.0515. The number of aromatic nitrogens is 4. The Morgan fingerprint density at radius 3 is 2.60 bits per heavy atom. The fraction of sp³-hybridized carbons (Fsp3) is 0.188. The highest BCUT2D eigenvalue weighted by atomic mass is 32.2. The molecule has 0 aliphatic rings. The van der Waals surface area contributed by atoms with Gasteiger partial charge in [-0.2, -0.15) is 4.68 Å². The molecule has 3 aromatic rings. The second-order valence-electron chi connectivity index (χ2n) is 5.01. The summed E-state index contributed by atoms with van der Waals surface area (Å²) in [5.74, 6) is 1.41. The van der Waals surface area contributed by atoms with Crippen molar-refractivity contribution in [3.63, 3.8) is 0 Å². The Bertz CT molecular complexity index is 823. The van der Waals surface area contributed by atoms with E-state index in [0.29, 0.717) is 12.4 Å². The molecular formula is C16H15N5O3S. The second-order valence-corrected chi connectivity index (χ2v) is 6.07. The van der Waals surface area contributed by atoms with E-state index in [1.54, 1.807) is 28.6 Å². The summed E-state index contributed by atoms with van der Waals surface area (Å²) in [6.07, 6.45) is 0.795. The van der Waals surface area contributed by atoms with Crippen LogP contribution in [0.25, 0.3) is 5.69 Å². The van der Waals surface area contributed by atoms with Gasteiger partial charge in [-0.3, -0.25) is 10.1 Å². The molecule has 0 N–H and O–H groups in total. The van der Waals surface area contributed by atoms with Gasteiger partial charge in [0.15, 0.2) is 0 Å². The number of nitro benzene ring substituents is 1. The van der Waals surface area contributed by atoms with E-state index in [2.05, 4.69) is 15.5 Å². The number of thioether (sulfide) groups is 1. The van der Waals surface area contributed by atoms with Gasteiger partial charge in [0, 0.05) is 17.9 Å². The Hall–Kier alpha value is -2.94. The van der Waals surface area contributed by atoms with Crippen molar-refractivity contribution in [2.45, 2.75) is 11.6 Å². The van der Waals surface area contributed by atoms with E-state index in [9.17, 15) is 10.1 Å². The predicted octanol–water partition coefficient (Wildman–Crippen LogP) is 3.13. The van der Waals surface area contributed by atoms with Gasteiger partial charge in [-0.1, -0.05) is 30.0 Å². The average molecular weight is 357 g/mol. The highest BCUT2D eigenvalue weighted by Gasteiger charge is 2.08. The molecule has 0 radical (unpaired) electrons. The second kappa shape index (κ2) is 8.25. The van der Waals surface area contributed by atoms with Crippen LogP contribution in [0.4, 0.5) is 5.69 Å². The van der Waals surface area contributed by atoms with Gasteiger partial charge in [0.2, 0.25) is 5.16 Å². The monoisotopic (exact) mass is 357 g/mol. The zero-order valence-corrected chi connectivity index (χ0v) is 14.0. The van der Waals surface area contributed by atoms with Crippen LogP contribution in [0, 0.1) is 10.1 Å². The number of rotatable bonds is 8. The molecule has 9 heteroatoms. The third-order valence-electron chi connectivity index (χ3n) is 3.28. The number of non-ortho nitro benzene ring substituents is 1. The van der Waals surface area contributed by atoms with Crippen LogP contribution in [0.5, 0.6) is 5.75 Å². The molecule has 0 spiro atoms. The molecule has 0 amide bonds. The largest absolute Gasteiger partial charge is 0.494 e. The van der Waals surface area contributed by atoms with Crippen molar-refractivity contribution in [2.24, 2.45) is 0 Å². The van der Waals surface area contributed by atoms with Crippen molar-refractivity contribution >= 4 is 17.4 Å². The van der Waals surface area contributed by atoms with Gasteiger partial charge in [-0.15, -0.1) is 5.10 Å². The minimum Gasteiger partial charge on any atom is -0.494 e. The van der Waals surface area contributed by atoms with E-state index in [-0.39, 0.29) is 5.69 Å². The summed E-state index contributed by atoms with van der Waals surface area (Å²) in [5.41, 5.74) is 0.966. The van der Waals surface area contributed by atoms with Crippen molar-refractivity contribution in [3.8, 4) is 11.4 Å². The summed E-state index contributed by atoms with van der Waals surface area (Å²) in [4.78, 5) is 10.2. The summed E-state index contributed by atoms with van der Waals surface area (Å²) >= 11 is 1.55. The first-order valence-electron chi connectivity index (χ1n) is 7.58. The molecule has 1 aromatic heterocycles. The van der Waals surface area contributed by atoms with E-state index >= 15 is 0 Å². The van der Waals surface area contributed by atoms with Crippen LogP contribution in [-0.2, 0) is 0 Å². The van der Waals surface area contributed by atoms with Crippen molar-refractivity contribution in [3.05, 3.63) is 64.7 Å². The number of tetrazole rings is 1. The van der Waals surface area contributed by atoms with Gasteiger partial charge in [-0.05, 0) is 41.1 Å². The van der Waals surface area contributed by atoms with Crippen molar-refractivity contribution in [1.82, 2.24) is 20.2 Å². The zero-order chi connectivity index (χ0) is 17.5. The molecule has 0 bridgehead atoms. The lowest BCUT2D eigenvalue weighted by molar-refractivity contribution is -0.384. The molecule has 0 saturated carbocycles. The lowest BCUT2D eigenvalue weighted by Crippen LogP contribution is -2.01. The Morgan fingerprint density at radius 2 is 1.88 bits per heavy atom. The van der Waals surface area contributed by atoms with Crippen molar-refractivity contribution in [2.75, 3.05) is 12.4 Å². The molecule has 0 aliphatic carbocycles. The van der Waals surface area contributed by atoms with Crippen molar-refractivity contribution in [1.29, 1.82) is 0 Å². The topological polar surface area (TPSA) is 96.0 Å². The van der Waals surface area contributed by atoms with Crippen LogP contribution in [0.1, 0.15) is 6.42 Å². The Labute approximate surface area is 148 Å². The fourth-order valence-corrected chi connectivity index (χ4v) is 2.88. The number of benzene rings is 2. The number of para-hydroxylation sites is 1. The van der Waals surface area contributed by atoms with E-state index < -0.39 is 4.92 Å². The maximum Gasteiger partial charge on any atom is 0.269 e. The first-order valence-corrected chi connectivity index (χ1v) is 8.56. The molecule has 0 aliphatic heterocycles. The molecule has 1 heterocycles. The number of hydrogen-bond donors (Lipinski definition) is 0. The van der Waals surface area contributed by atoms with Crippen LogP contribution < -0.4 is 4.74 Å². The maximum absolute atomic E-state index is 10.6. The molecule has 0 fully saturated rings. The predicted molar refractivity (Wildman–Crippen MR) is 93.1 cm³/mol. The first kappa shape index (κ1) is 16.9. The SMILES string of the molecule is O=[N+]([O-])c1ccc(OCCCSc2nnnn2-c2ccccc2)cc1. The third-order valence-corrected chi connectivity index (χ3v) is 4.28. The molecule has 0 saturated heterocycles. The lowest BCUT2D eigenvalue weighted by atomic mass is 10.3. The van der Waals surface area contributed by atoms with E-state index in [4.69, 9.17) is 4.74 Å². The van der Waals surface area contributed by atoms with Crippen LogP contribution >= 0.6 is 11.8 Å². The molecular weight excluding hydrogens is 342 g/mol. The first-order chi connectivity index (χ1) is 12.2. The number of nitro groups is 1. The van der Waals surface area contributed by atoms with Crippen LogP contribution in [0.3, 0.4) is 0 Å². The molecule has 0 unspecified atom stereocenters. The highest BCUT2D eigenvalue weighted by molar-refractivity contribution is 7.99. The normalized spacial score (nSPS) is 10.6. The molecule has 8 nitrogen and oxygen atoms in total. The Morgan fingerprint density at radius 1 is 1.12 bits per heavy atom. The summed E-state index contributed by atoms with van der Waals surface area (Å²) in [6.45, 7) is 0.512. The van der Waals surface area contributed by atoms with Gasteiger partial charge in [-0.25, -0.2) is 0 Å². The summed E-state index contributed by atoms with van der Waals surface area (Å²) in [5, 5.41) is 23.1. The van der Waals surface area contributed by atoms with Gasteiger partial charge >= 0.3 is 0 Å². The van der Waals surface area contributed by atoms with Gasteiger partial charge in [0.05, 0.1) is 17.2 Å². The van der Waals surface area contributed by atoms with E-state index in [1.165, 1.54) is 12.1 Å². The van der Waals surface area contributed by atoms with Crippen molar-refractivity contribution < 1.29 is 9.66 Å². The Balaban J connectivity index is 1.45. The lowest BCUT2D eigenvalue weighted by Gasteiger charge is -2.06. The average Bonchev–Trinajstić information content (AvgIpc) is 3.11. The number of ether oxygens (including phenoxy) is 1. The highest BCUT2D eigenvalue weighted by Crippen LogP contribution is 2.20. The van der Waals surface area contributed by atoms with Crippen LogP contribution in [0.15, 0.2) is 59.8 Å². The minimum atomic E-state index is -0.433. The number of nitrogens with zero attached hydrogens (tertiary/aromatic N) is 5. The van der Waals surface area contributed by atoms with E-state index in [0.717, 1.165) is 23.0 Å². The zero-order valence-electron chi connectivity index (χ0n) is 13.2. The number of hydrogen-bond acceptors (Lipinski definition) is 7. The summed E-state index contributed by atoms with van der Waals surface area (Å²) < 4.78 is 7.28. The standard InChI is InChI=1S/C16H15N5O3S/c22-21(23)14-7-9-15(10-8-14)24-11-4-12-25-16-17-18-19-20(16)13-5-2-1-3-6-13/h1-3,5-10H,4,11-12H2. The van der Waals surface area contributed by atoms with Gasteiger partial charge in [0.1, 0.15) is 5.75 Å². The quantitative estimate of drug-likeness (QED) is 0.264. The smallest absolute Gasteiger partial charge is 0.269 e. The van der Waals surface area contributed by atoms with Crippen LogP contribution in [0.2, 0.25) is 0 Å². The molecule has 128 valence electrons. The van der Waals surface area contributed by atoms with E-state index in [1.807, 2.05) is 30.3 Å².